The highest BCUT2D eigenvalue weighted by atomic mass is 35.5. The summed E-state index contributed by atoms with van der Waals surface area (Å²) in [5.41, 5.74) is 4.94. The number of thiol groups is 1. The third kappa shape index (κ3) is 10.7. The maximum Gasteiger partial charge on any atom is 0.0913 e. The van der Waals surface area contributed by atoms with Gasteiger partial charge in [-0.2, -0.15) is 12.6 Å². The Bertz CT molecular complexity index is 56.9. The van der Waals surface area contributed by atoms with Gasteiger partial charge in [0.15, 0.2) is 0 Å². The van der Waals surface area contributed by atoms with E-state index in [0.29, 0.717) is 12.2 Å². The number of halogens is 1. The first-order valence-electron chi connectivity index (χ1n) is 1.71. The first-order chi connectivity index (χ1) is 2.77. The Hall–Kier alpha value is 0.110. The Kier molecular flexibility index (Phi) is 8.87. The van der Waals surface area contributed by atoms with E-state index in [4.69, 9.17) is 11.1 Å². The molecule has 44 valence electrons. The average molecular weight is 141 g/mol. The normalized spacial score (nSPS) is 7.00. The van der Waals surface area contributed by atoms with E-state index in [1.807, 2.05) is 0 Å². The van der Waals surface area contributed by atoms with Crippen molar-refractivity contribution < 1.29 is 0 Å². The second-order valence-electron chi connectivity index (χ2n) is 0.999. The number of amidine groups is 1. The van der Waals surface area contributed by atoms with Crippen LogP contribution in [0.5, 0.6) is 0 Å². The van der Waals surface area contributed by atoms with Crippen molar-refractivity contribution in [1.29, 1.82) is 5.41 Å². The summed E-state index contributed by atoms with van der Waals surface area (Å²) in [6.45, 7) is 0. The number of nitrogens with two attached hydrogens (primary N) is 1. The van der Waals surface area contributed by atoms with E-state index in [1.165, 1.54) is 0 Å². The van der Waals surface area contributed by atoms with Crippen LogP contribution in [0.4, 0.5) is 0 Å². The van der Waals surface area contributed by atoms with Gasteiger partial charge in [-0.1, -0.05) is 0 Å². The van der Waals surface area contributed by atoms with Crippen LogP contribution in [0.2, 0.25) is 0 Å². The van der Waals surface area contributed by atoms with E-state index in [0.717, 1.165) is 0 Å². The van der Waals surface area contributed by atoms with Crippen molar-refractivity contribution in [2.75, 3.05) is 5.75 Å². The molecule has 0 saturated heterocycles. The van der Waals surface area contributed by atoms with Gasteiger partial charge < -0.3 is 5.73 Å². The van der Waals surface area contributed by atoms with E-state index in [-0.39, 0.29) is 18.2 Å². The van der Waals surface area contributed by atoms with Gasteiger partial charge in [0.2, 0.25) is 0 Å². The third-order valence-corrected chi connectivity index (χ3v) is 0.605. The van der Waals surface area contributed by atoms with Crippen molar-refractivity contribution in [2.24, 2.45) is 5.73 Å². The molecule has 0 aliphatic rings. The number of hydrogen-bond acceptors (Lipinski definition) is 2. The van der Waals surface area contributed by atoms with Crippen molar-refractivity contribution in [2.45, 2.75) is 6.42 Å². The molecule has 0 aromatic carbocycles. The summed E-state index contributed by atoms with van der Waals surface area (Å²) in [6.07, 6.45) is 0.600. The summed E-state index contributed by atoms with van der Waals surface area (Å²) >= 11 is 3.84. The average Bonchev–Trinajstić information content (AvgIpc) is 1.35. The van der Waals surface area contributed by atoms with Crippen LogP contribution in [0.3, 0.4) is 0 Å². The van der Waals surface area contributed by atoms with Gasteiger partial charge in [-0.25, -0.2) is 0 Å². The molecule has 0 rings (SSSR count). The SMILES string of the molecule is Cl.N=C(N)CCS. The topological polar surface area (TPSA) is 49.9 Å². The van der Waals surface area contributed by atoms with Crippen LogP contribution < -0.4 is 5.73 Å². The molecule has 0 radical (unpaired) electrons. The van der Waals surface area contributed by atoms with Crippen molar-refractivity contribution in [3.05, 3.63) is 0 Å². The second kappa shape index (κ2) is 6.11. The van der Waals surface area contributed by atoms with Crippen molar-refractivity contribution in [3.63, 3.8) is 0 Å². The van der Waals surface area contributed by atoms with Crippen LogP contribution in [-0.4, -0.2) is 11.6 Å². The van der Waals surface area contributed by atoms with Gasteiger partial charge in [0.1, 0.15) is 0 Å². The first-order valence-corrected chi connectivity index (χ1v) is 2.34. The summed E-state index contributed by atoms with van der Waals surface area (Å²) in [6, 6.07) is 0. The molecule has 0 atom stereocenters. The fourth-order valence-corrected chi connectivity index (χ4v) is 0.361. The van der Waals surface area contributed by atoms with E-state index >= 15 is 0 Å². The molecule has 0 bridgehead atoms. The van der Waals surface area contributed by atoms with Crippen molar-refractivity contribution >= 4 is 30.9 Å². The zero-order valence-electron chi connectivity index (χ0n) is 3.85. The Morgan fingerprint density at radius 2 is 2.14 bits per heavy atom. The predicted octanol–water partition coefficient (Wildman–Crippen LogP) is 0.664. The zero-order valence-corrected chi connectivity index (χ0v) is 5.56. The first kappa shape index (κ1) is 10.2. The van der Waals surface area contributed by atoms with Crippen LogP contribution in [-0.2, 0) is 0 Å². The lowest BCUT2D eigenvalue weighted by Crippen LogP contribution is -2.08. The van der Waals surface area contributed by atoms with E-state index in [9.17, 15) is 0 Å². The highest BCUT2D eigenvalue weighted by molar-refractivity contribution is 7.80. The number of hydrogen-bond donors (Lipinski definition) is 3. The third-order valence-electron chi connectivity index (χ3n) is 0.381. The Labute approximate surface area is 54.8 Å². The minimum Gasteiger partial charge on any atom is -0.388 e. The zero-order chi connectivity index (χ0) is 4.99. The maximum absolute atomic E-state index is 6.62. The van der Waals surface area contributed by atoms with Crippen LogP contribution in [0, 0.1) is 5.41 Å². The van der Waals surface area contributed by atoms with E-state index in [1.54, 1.807) is 0 Å². The van der Waals surface area contributed by atoms with Gasteiger partial charge in [-0.15, -0.1) is 12.4 Å². The van der Waals surface area contributed by atoms with Gasteiger partial charge in [0.25, 0.3) is 0 Å². The Morgan fingerprint density at radius 1 is 1.71 bits per heavy atom. The molecule has 0 heterocycles. The lowest BCUT2D eigenvalue weighted by molar-refractivity contribution is 1.23. The molecule has 0 fully saturated rings. The van der Waals surface area contributed by atoms with Gasteiger partial charge in [0, 0.05) is 6.42 Å². The van der Waals surface area contributed by atoms with Crippen LogP contribution >= 0.6 is 25.0 Å². The summed E-state index contributed by atoms with van der Waals surface area (Å²) in [4.78, 5) is 0. The predicted molar refractivity (Wildman–Crippen MR) is 37.6 cm³/mol. The molecule has 0 aliphatic carbocycles. The van der Waals surface area contributed by atoms with Crippen LogP contribution in [0.25, 0.3) is 0 Å². The van der Waals surface area contributed by atoms with Gasteiger partial charge in [0.05, 0.1) is 5.84 Å². The van der Waals surface area contributed by atoms with Crippen molar-refractivity contribution in [3.8, 4) is 0 Å². The van der Waals surface area contributed by atoms with E-state index in [2.05, 4.69) is 12.6 Å². The number of rotatable bonds is 2. The highest BCUT2D eigenvalue weighted by Crippen LogP contribution is 1.78. The number of nitrogens with one attached hydrogen (secondary N) is 1. The Balaban J connectivity index is 0. The summed E-state index contributed by atoms with van der Waals surface area (Å²) in [5.74, 6) is 0.889. The fourth-order valence-electron chi connectivity index (χ4n) is 0.120. The molecular formula is C3H9ClN2S. The molecule has 0 spiro atoms. The van der Waals surface area contributed by atoms with Gasteiger partial charge >= 0.3 is 0 Å². The highest BCUT2D eigenvalue weighted by Gasteiger charge is 1.79. The molecule has 0 unspecified atom stereocenters. The monoisotopic (exact) mass is 140 g/mol. The standard InChI is InChI=1S/C3H8N2S.ClH/c4-3(5)1-2-6;/h6H,1-2H2,(H3,4,5);1H. The molecule has 0 saturated carbocycles. The molecular weight excluding hydrogens is 132 g/mol. The quantitative estimate of drug-likeness (QED) is 0.295. The molecule has 0 aromatic rings. The van der Waals surface area contributed by atoms with Gasteiger partial charge in [-0.05, 0) is 5.75 Å². The summed E-state index contributed by atoms with van der Waals surface area (Å²) in [7, 11) is 0. The Morgan fingerprint density at radius 3 is 2.14 bits per heavy atom. The van der Waals surface area contributed by atoms with E-state index < -0.39 is 0 Å². The summed E-state index contributed by atoms with van der Waals surface area (Å²) < 4.78 is 0. The fraction of sp³-hybridized carbons (Fsp3) is 0.667. The molecule has 4 heteroatoms. The lowest BCUT2D eigenvalue weighted by atomic mass is 10.5. The smallest absolute Gasteiger partial charge is 0.0913 e. The summed E-state index contributed by atoms with van der Waals surface area (Å²) in [5, 5.41) is 6.62. The maximum atomic E-state index is 6.62. The minimum absolute atomic E-state index is 0. The molecule has 0 aliphatic heterocycles. The molecule has 2 nitrogen and oxygen atoms in total. The van der Waals surface area contributed by atoms with Gasteiger partial charge in [-0.3, -0.25) is 5.41 Å². The molecule has 0 aromatic heterocycles. The lowest BCUT2D eigenvalue weighted by Gasteiger charge is -1.85. The largest absolute Gasteiger partial charge is 0.388 e. The second-order valence-corrected chi connectivity index (χ2v) is 1.45. The molecule has 3 N–H and O–H groups in total. The van der Waals surface area contributed by atoms with Crippen molar-refractivity contribution in [1.82, 2.24) is 0 Å². The van der Waals surface area contributed by atoms with Crippen LogP contribution in [0.15, 0.2) is 0 Å². The minimum atomic E-state index is 0. The molecule has 0 amide bonds. The molecule has 7 heavy (non-hydrogen) atoms. The van der Waals surface area contributed by atoms with Crippen LogP contribution in [0.1, 0.15) is 6.42 Å².